The zero-order valence-electron chi connectivity index (χ0n) is 14.2. The van der Waals surface area contributed by atoms with Gasteiger partial charge in [-0.05, 0) is 48.3 Å². The van der Waals surface area contributed by atoms with E-state index < -0.39 is 5.91 Å². The third-order valence-electron chi connectivity index (χ3n) is 6.34. The summed E-state index contributed by atoms with van der Waals surface area (Å²) in [5.41, 5.74) is 2.53. The number of imide groups is 1. The van der Waals surface area contributed by atoms with Gasteiger partial charge in [0.15, 0.2) is 6.61 Å². The second kappa shape index (κ2) is 5.72. The van der Waals surface area contributed by atoms with Crippen LogP contribution in [-0.2, 0) is 14.4 Å². The summed E-state index contributed by atoms with van der Waals surface area (Å²) < 4.78 is 5.36. The van der Waals surface area contributed by atoms with E-state index in [1.807, 2.05) is 0 Å². The Balaban J connectivity index is 1.25. The summed E-state index contributed by atoms with van der Waals surface area (Å²) in [4.78, 5) is 37.8. The molecule has 4 atom stereocenters. The number of hydrazine groups is 1. The molecular formula is C19H16Cl2N2O4. The van der Waals surface area contributed by atoms with E-state index in [1.54, 1.807) is 12.1 Å². The standard InChI is InChI=1S/C19H16Cl2N2O4/c20-9-1-4-13(12(21)7-9)27-8-14(24)22-23-17(25)15-10-2-3-11(16(15)18(23)26)19(10)5-6-19/h1-4,7,10-11,15-16H,5-6,8H2,(H,22,24)/t10-,11+,15-,16-/m1/s1. The average Bonchev–Trinajstić information content (AvgIpc) is 3.24. The first-order chi connectivity index (χ1) is 12.9. The molecule has 0 radical (unpaired) electrons. The molecule has 2 saturated carbocycles. The molecule has 1 aromatic carbocycles. The zero-order valence-corrected chi connectivity index (χ0v) is 15.7. The third kappa shape index (κ3) is 2.36. The lowest BCUT2D eigenvalue weighted by molar-refractivity contribution is -0.150. The van der Waals surface area contributed by atoms with Crippen LogP contribution in [0.3, 0.4) is 0 Å². The van der Waals surface area contributed by atoms with Crippen LogP contribution < -0.4 is 10.2 Å². The van der Waals surface area contributed by atoms with Crippen molar-refractivity contribution < 1.29 is 19.1 Å². The number of hydrogen-bond donors (Lipinski definition) is 1. The van der Waals surface area contributed by atoms with Crippen LogP contribution >= 0.6 is 23.2 Å². The smallest absolute Gasteiger partial charge is 0.276 e. The number of ether oxygens (including phenoxy) is 1. The molecule has 27 heavy (non-hydrogen) atoms. The first kappa shape index (κ1) is 17.1. The van der Waals surface area contributed by atoms with E-state index in [1.165, 1.54) is 6.07 Å². The van der Waals surface area contributed by atoms with Crippen molar-refractivity contribution in [3.8, 4) is 5.75 Å². The molecule has 1 heterocycles. The van der Waals surface area contributed by atoms with Crippen LogP contribution in [0.1, 0.15) is 12.8 Å². The number of nitrogens with one attached hydrogen (secondary N) is 1. The first-order valence-corrected chi connectivity index (χ1v) is 9.61. The lowest BCUT2D eigenvalue weighted by Crippen LogP contribution is -2.49. The number of benzene rings is 1. The predicted molar refractivity (Wildman–Crippen MR) is 96.7 cm³/mol. The highest BCUT2D eigenvalue weighted by Crippen LogP contribution is 2.73. The maximum absolute atomic E-state index is 12.8. The maximum atomic E-state index is 12.8. The molecule has 3 amide bonds. The van der Waals surface area contributed by atoms with E-state index in [4.69, 9.17) is 27.9 Å². The van der Waals surface area contributed by atoms with E-state index in [9.17, 15) is 14.4 Å². The summed E-state index contributed by atoms with van der Waals surface area (Å²) in [5.74, 6) is -1.37. The van der Waals surface area contributed by atoms with Gasteiger partial charge in [-0.25, -0.2) is 0 Å². The Morgan fingerprint density at radius 1 is 1.15 bits per heavy atom. The number of allylic oxidation sites excluding steroid dienone is 2. The minimum atomic E-state index is -0.593. The summed E-state index contributed by atoms with van der Waals surface area (Å²) in [7, 11) is 0. The monoisotopic (exact) mass is 406 g/mol. The van der Waals surface area contributed by atoms with Crippen molar-refractivity contribution in [1.82, 2.24) is 10.4 Å². The Labute approximate surface area is 165 Å². The summed E-state index contributed by atoms with van der Waals surface area (Å²) in [5, 5.41) is 1.61. The van der Waals surface area contributed by atoms with E-state index >= 15 is 0 Å². The minimum Gasteiger partial charge on any atom is -0.482 e. The van der Waals surface area contributed by atoms with Crippen LogP contribution in [0.15, 0.2) is 30.4 Å². The van der Waals surface area contributed by atoms with Gasteiger partial charge in [-0.1, -0.05) is 35.4 Å². The quantitative estimate of drug-likeness (QED) is 0.615. The van der Waals surface area contributed by atoms with Gasteiger partial charge >= 0.3 is 0 Å². The molecule has 140 valence electrons. The fourth-order valence-corrected chi connectivity index (χ4v) is 5.54. The van der Waals surface area contributed by atoms with Crippen molar-refractivity contribution in [2.45, 2.75) is 12.8 Å². The van der Waals surface area contributed by atoms with Crippen LogP contribution in [0.5, 0.6) is 5.75 Å². The van der Waals surface area contributed by atoms with Crippen LogP contribution in [-0.4, -0.2) is 29.3 Å². The van der Waals surface area contributed by atoms with Gasteiger partial charge in [-0.15, -0.1) is 0 Å². The molecule has 0 unspecified atom stereocenters. The van der Waals surface area contributed by atoms with Gasteiger partial charge in [0.1, 0.15) is 5.75 Å². The Kier molecular flexibility index (Phi) is 3.62. The van der Waals surface area contributed by atoms with Crippen LogP contribution in [0.2, 0.25) is 10.0 Å². The Bertz CT molecular complexity index is 877. The van der Waals surface area contributed by atoms with Gasteiger partial charge in [-0.2, -0.15) is 5.01 Å². The lowest BCUT2D eigenvalue weighted by atomic mass is 9.85. The van der Waals surface area contributed by atoms with Gasteiger partial charge in [0.2, 0.25) is 0 Å². The summed E-state index contributed by atoms with van der Waals surface area (Å²) in [6, 6.07) is 4.64. The summed E-state index contributed by atoms with van der Waals surface area (Å²) in [6.07, 6.45) is 6.32. The molecule has 8 heteroatoms. The SMILES string of the molecule is O=C(COc1ccc(Cl)cc1Cl)NN1C(=O)[C@H]2[C@H](C1=O)[C@@H]1C=C[C@H]2C12CC2. The number of carbonyl (C=O) groups is 3. The number of carbonyl (C=O) groups excluding carboxylic acids is 3. The zero-order chi connectivity index (χ0) is 18.9. The van der Waals surface area contributed by atoms with E-state index in [0.29, 0.717) is 10.8 Å². The average molecular weight is 407 g/mol. The first-order valence-electron chi connectivity index (χ1n) is 8.86. The molecule has 2 bridgehead atoms. The van der Waals surface area contributed by atoms with Crippen molar-refractivity contribution >= 4 is 40.9 Å². The van der Waals surface area contributed by atoms with Crippen molar-refractivity contribution in [2.75, 3.05) is 6.61 Å². The Morgan fingerprint density at radius 2 is 1.78 bits per heavy atom. The van der Waals surface area contributed by atoms with Crippen molar-refractivity contribution in [3.63, 3.8) is 0 Å². The number of rotatable bonds is 4. The molecule has 1 N–H and O–H groups in total. The second-order valence-corrected chi connectivity index (χ2v) is 8.48. The Morgan fingerprint density at radius 3 is 2.33 bits per heavy atom. The van der Waals surface area contributed by atoms with Crippen LogP contribution in [0, 0.1) is 29.1 Å². The lowest BCUT2D eigenvalue weighted by Gasteiger charge is -2.22. The molecule has 3 aliphatic carbocycles. The molecule has 6 nitrogen and oxygen atoms in total. The number of nitrogens with zero attached hydrogens (tertiary/aromatic N) is 1. The van der Waals surface area contributed by atoms with E-state index in [2.05, 4.69) is 17.6 Å². The maximum Gasteiger partial charge on any atom is 0.276 e. The Hall–Kier alpha value is -2.05. The molecule has 3 fully saturated rings. The highest BCUT2D eigenvalue weighted by molar-refractivity contribution is 6.35. The highest BCUT2D eigenvalue weighted by Gasteiger charge is 2.73. The molecule has 5 rings (SSSR count). The fourth-order valence-electron chi connectivity index (χ4n) is 5.08. The van der Waals surface area contributed by atoms with Crippen molar-refractivity contribution in [2.24, 2.45) is 29.1 Å². The molecule has 1 aliphatic heterocycles. The molecule has 1 spiro atoms. The summed E-state index contributed by atoms with van der Waals surface area (Å²) >= 11 is 11.8. The predicted octanol–water partition coefficient (Wildman–Crippen LogP) is 2.60. The topological polar surface area (TPSA) is 75.7 Å². The second-order valence-electron chi connectivity index (χ2n) is 7.63. The molecule has 4 aliphatic rings. The largest absolute Gasteiger partial charge is 0.482 e. The number of amides is 3. The van der Waals surface area contributed by atoms with Crippen molar-refractivity contribution in [3.05, 3.63) is 40.4 Å². The van der Waals surface area contributed by atoms with Gasteiger partial charge in [0, 0.05) is 5.02 Å². The number of hydrogen-bond acceptors (Lipinski definition) is 4. The van der Waals surface area contributed by atoms with E-state index in [-0.39, 0.29) is 52.5 Å². The van der Waals surface area contributed by atoms with E-state index in [0.717, 1.165) is 17.9 Å². The fraction of sp³-hybridized carbons (Fsp3) is 0.421. The summed E-state index contributed by atoms with van der Waals surface area (Å²) in [6.45, 7) is -0.372. The highest BCUT2D eigenvalue weighted by atomic mass is 35.5. The van der Waals surface area contributed by atoms with Crippen LogP contribution in [0.25, 0.3) is 0 Å². The van der Waals surface area contributed by atoms with Crippen LogP contribution in [0.4, 0.5) is 0 Å². The molecule has 1 aromatic rings. The number of halogens is 2. The van der Waals surface area contributed by atoms with Crippen molar-refractivity contribution in [1.29, 1.82) is 0 Å². The van der Waals surface area contributed by atoms with Gasteiger partial charge in [0.05, 0.1) is 16.9 Å². The normalized spacial score (nSPS) is 31.6. The third-order valence-corrected chi connectivity index (χ3v) is 6.87. The molecular weight excluding hydrogens is 391 g/mol. The molecule has 0 aromatic heterocycles. The number of fused-ring (bicyclic) bond motifs is 3. The van der Waals surface area contributed by atoms with Gasteiger partial charge < -0.3 is 4.74 Å². The van der Waals surface area contributed by atoms with Gasteiger partial charge in [0.25, 0.3) is 17.7 Å². The minimum absolute atomic E-state index is 0.120. The van der Waals surface area contributed by atoms with Gasteiger partial charge in [-0.3, -0.25) is 19.8 Å². The molecule has 1 saturated heterocycles.